The highest BCUT2D eigenvalue weighted by molar-refractivity contribution is 5.86. The zero-order valence-corrected chi connectivity index (χ0v) is 7.90. The SMILES string of the molecule is Cc1cnc(C(C)C)nc1C(=O)O. The Morgan fingerprint density at radius 1 is 1.54 bits per heavy atom. The van der Waals surface area contributed by atoms with Gasteiger partial charge in [-0.1, -0.05) is 13.8 Å². The van der Waals surface area contributed by atoms with Crippen LogP contribution in [-0.2, 0) is 0 Å². The fourth-order valence-electron chi connectivity index (χ4n) is 0.950. The minimum atomic E-state index is -0.998. The van der Waals surface area contributed by atoms with E-state index in [2.05, 4.69) is 9.97 Å². The Labute approximate surface area is 76.7 Å². The first kappa shape index (κ1) is 9.64. The minimum Gasteiger partial charge on any atom is -0.477 e. The van der Waals surface area contributed by atoms with Gasteiger partial charge >= 0.3 is 5.97 Å². The molecule has 0 amide bonds. The first-order chi connectivity index (χ1) is 6.02. The lowest BCUT2D eigenvalue weighted by Crippen LogP contribution is -2.08. The molecule has 0 fully saturated rings. The zero-order valence-electron chi connectivity index (χ0n) is 7.90. The van der Waals surface area contributed by atoms with Crippen molar-refractivity contribution >= 4 is 5.97 Å². The molecule has 0 aliphatic carbocycles. The number of carboxylic acids is 1. The van der Waals surface area contributed by atoms with Crippen LogP contribution in [0.4, 0.5) is 0 Å². The second-order valence-corrected chi connectivity index (χ2v) is 3.22. The average Bonchev–Trinajstić information content (AvgIpc) is 2.04. The van der Waals surface area contributed by atoms with E-state index in [-0.39, 0.29) is 11.6 Å². The topological polar surface area (TPSA) is 63.1 Å². The standard InChI is InChI=1S/C9H12N2O2/c1-5(2)8-10-4-6(3)7(11-8)9(12)13/h4-5H,1-3H3,(H,12,13). The number of rotatable bonds is 2. The van der Waals surface area contributed by atoms with Crippen molar-refractivity contribution in [3.8, 4) is 0 Å². The summed E-state index contributed by atoms with van der Waals surface area (Å²) >= 11 is 0. The zero-order chi connectivity index (χ0) is 10.0. The predicted octanol–water partition coefficient (Wildman–Crippen LogP) is 1.61. The second-order valence-electron chi connectivity index (χ2n) is 3.22. The molecule has 0 spiro atoms. The summed E-state index contributed by atoms with van der Waals surface area (Å²) in [6.45, 7) is 5.54. The third-order valence-corrected chi connectivity index (χ3v) is 1.71. The Morgan fingerprint density at radius 3 is 2.62 bits per heavy atom. The third-order valence-electron chi connectivity index (χ3n) is 1.71. The van der Waals surface area contributed by atoms with E-state index in [1.54, 1.807) is 13.1 Å². The number of hydrogen-bond donors (Lipinski definition) is 1. The lowest BCUT2D eigenvalue weighted by atomic mass is 10.2. The van der Waals surface area contributed by atoms with E-state index >= 15 is 0 Å². The highest BCUT2D eigenvalue weighted by Gasteiger charge is 2.12. The van der Waals surface area contributed by atoms with Gasteiger partial charge in [-0.05, 0) is 6.92 Å². The molecule has 1 aromatic heterocycles. The summed E-state index contributed by atoms with van der Waals surface area (Å²) in [4.78, 5) is 18.7. The van der Waals surface area contributed by atoms with Crippen LogP contribution in [0.15, 0.2) is 6.20 Å². The predicted molar refractivity (Wildman–Crippen MR) is 47.8 cm³/mol. The third kappa shape index (κ3) is 2.02. The van der Waals surface area contributed by atoms with Crippen molar-refractivity contribution in [2.75, 3.05) is 0 Å². The maximum atomic E-state index is 10.7. The van der Waals surface area contributed by atoms with Gasteiger partial charge in [0.2, 0.25) is 0 Å². The van der Waals surface area contributed by atoms with Gasteiger partial charge in [-0.15, -0.1) is 0 Å². The minimum absolute atomic E-state index is 0.0960. The van der Waals surface area contributed by atoms with E-state index < -0.39 is 5.97 Å². The molecule has 1 heterocycles. The van der Waals surface area contributed by atoms with Crippen LogP contribution in [0, 0.1) is 6.92 Å². The molecule has 0 radical (unpaired) electrons. The Hall–Kier alpha value is -1.45. The van der Waals surface area contributed by atoms with E-state index in [1.165, 1.54) is 0 Å². The maximum absolute atomic E-state index is 10.7. The van der Waals surface area contributed by atoms with Crippen LogP contribution in [0.1, 0.15) is 41.6 Å². The molecule has 4 heteroatoms. The van der Waals surface area contributed by atoms with Crippen molar-refractivity contribution in [1.82, 2.24) is 9.97 Å². The van der Waals surface area contributed by atoms with E-state index in [0.29, 0.717) is 11.4 Å². The summed E-state index contributed by atoms with van der Waals surface area (Å²) in [5.74, 6) is -0.275. The van der Waals surface area contributed by atoms with Crippen LogP contribution in [0.5, 0.6) is 0 Å². The molecule has 70 valence electrons. The van der Waals surface area contributed by atoms with Crippen LogP contribution in [-0.4, -0.2) is 21.0 Å². The Bertz CT molecular complexity index is 334. The largest absolute Gasteiger partial charge is 0.477 e. The van der Waals surface area contributed by atoms with Gasteiger partial charge in [0.1, 0.15) is 5.82 Å². The molecule has 1 N–H and O–H groups in total. The van der Waals surface area contributed by atoms with E-state index in [0.717, 1.165) is 0 Å². The Kier molecular flexibility index (Phi) is 2.60. The average molecular weight is 180 g/mol. The number of carboxylic acid groups (broad SMARTS) is 1. The summed E-state index contributed by atoms with van der Waals surface area (Å²) in [5, 5.41) is 8.78. The number of hydrogen-bond acceptors (Lipinski definition) is 3. The first-order valence-electron chi connectivity index (χ1n) is 4.09. The molecular formula is C9H12N2O2. The summed E-state index contributed by atoms with van der Waals surface area (Å²) in [7, 11) is 0. The highest BCUT2D eigenvalue weighted by atomic mass is 16.4. The van der Waals surface area contributed by atoms with Crippen LogP contribution in [0.3, 0.4) is 0 Å². The van der Waals surface area contributed by atoms with Crippen molar-refractivity contribution in [1.29, 1.82) is 0 Å². The smallest absolute Gasteiger partial charge is 0.354 e. The van der Waals surface area contributed by atoms with Crippen molar-refractivity contribution in [3.05, 3.63) is 23.3 Å². The maximum Gasteiger partial charge on any atom is 0.354 e. The van der Waals surface area contributed by atoms with E-state index in [9.17, 15) is 4.79 Å². The number of carbonyl (C=O) groups is 1. The Balaban J connectivity index is 3.19. The summed E-state index contributed by atoms with van der Waals surface area (Å²) in [6, 6.07) is 0. The fourth-order valence-corrected chi connectivity index (χ4v) is 0.950. The number of aromatic carboxylic acids is 1. The van der Waals surface area contributed by atoms with Crippen molar-refractivity contribution in [2.45, 2.75) is 26.7 Å². The van der Waals surface area contributed by atoms with Gasteiger partial charge in [-0.25, -0.2) is 14.8 Å². The van der Waals surface area contributed by atoms with Crippen molar-refractivity contribution in [2.24, 2.45) is 0 Å². The lowest BCUT2D eigenvalue weighted by molar-refractivity contribution is 0.0689. The van der Waals surface area contributed by atoms with Crippen molar-refractivity contribution in [3.63, 3.8) is 0 Å². The number of nitrogens with zero attached hydrogens (tertiary/aromatic N) is 2. The van der Waals surface area contributed by atoms with Crippen LogP contribution < -0.4 is 0 Å². The Morgan fingerprint density at radius 2 is 2.15 bits per heavy atom. The van der Waals surface area contributed by atoms with Crippen molar-refractivity contribution < 1.29 is 9.90 Å². The second kappa shape index (κ2) is 3.51. The molecule has 0 unspecified atom stereocenters. The van der Waals surface area contributed by atoms with Gasteiger partial charge in [0.25, 0.3) is 0 Å². The quantitative estimate of drug-likeness (QED) is 0.750. The first-order valence-corrected chi connectivity index (χ1v) is 4.09. The number of aryl methyl sites for hydroxylation is 1. The van der Waals surface area contributed by atoms with E-state index in [4.69, 9.17) is 5.11 Å². The lowest BCUT2D eigenvalue weighted by Gasteiger charge is -2.05. The van der Waals surface area contributed by atoms with Gasteiger partial charge < -0.3 is 5.11 Å². The molecule has 1 rings (SSSR count). The summed E-state index contributed by atoms with van der Waals surface area (Å²) < 4.78 is 0. The monoisotopic (exact) mass is 180 g/mol. The molecule has 0 saturated heterocycles. The van der Waals surface area contributed by atoms with E-state index in [1.807, 2.05) is 13.8 Å². The number of aromatic nitrogens is 2. The molecule has 13 heavy (non-hydrogen) atoms. The van der Waals surface area contributed by atoms with Gasteiger partial charge in [0.05, 0.1) is 0 Å². The van der Waals surface area contributed by atoms with Crippen LogP contribution in [0.2, 0.25) is 0 Å². The van der Waals surface area contributed by atoms with Gasteiger partial charge in [0.15, 0.2) is 5.69 Å². The molecule has 0 saturated carbocycles. The summed E-state index contributed by atoms with van der Waals surface area (Å²) in [5.41, 5.74) is 0.690. The normalized spacial score (nSPS) is 10.5. The molecule has 1 aromatic rings. The molecule has 0 aliphatic heterocycles. The van der Waals surface area contributed by atoms with Gasteiger partial charge in [0, 0.05) is 17.7 Å². The summed E-state index contributed by atoms with van der Waals surface area (Å²) in [6.07, 6.45) is 1.55. The molecular weight excluding hydrogens is 168 g/mol. The van der Waals surface area contributed by atoms with Crippen LogP contribution in [0.25, 0.3) is 0 Å². The molecule has 0 aliphatic rings. The van der Waals surface area contributed by atoms with Gasteiger partial charge in [-0.2, -0.15) is 0 Å². The van der Waals surface area contributed by atoms with Gasteiger partial charge in [-0.3, -0.25) is 0 Å². The fraction of sp³-hybridized carbons (Fsp3) is 0.444. The molecule has 4 nitrogen and oxygen atoms in total. The van der Waals surface area contributed by atoms with Crippen LogP contribution >= 0.6 is 0 Å². The highest BCUT2D eigenvalue weighted by Crippen LogP contribution is 2.11. The molecule has 0 atom stereocenters. The molecule has 0 aromatic carbocycles. The molecule has 0 bridgehead atoms.